The van der Waals surface area contributed by atoms with E-state index >= 15 is 0 Å². The number of carbonyl (C=O) groups is 1. The first kappa shape index (κ1) is 31.1. The van der Waals surface area contributed by atoms with Crippen LogP contribution in [-0.4, -0.2) is 81.5 Å². The Morgan fingerprint density at radius 2 is 1.85 bits per heavy atom. The number of aromatic nitrogens is 2. The summed E-state index contributed by atoms with van der Waals surface area (Å²) in [7, 11) is 0. The van der Waals surface area contributed by atoms with Crippen LogP contribution in [-0.2, 0) is 17.7 Å². The zero-order chi connectivity index (χ0) is 32.5. The second kappa shape index (κ2) is 11.8. The molecule has 0 N–H and O–H groups in total. The number of anilines is 1. The summed E-state index contributed by atoms with van der Waals surface area (Å²) in [5.74, 6) is 0.201. The summed E-state index contributed by atoms with van der Waals surface area (Å²) in [5.41, 5.74) is 3.56. The molecule has 8 nitrogen and oxygen atoms in total. The van der Waals surface area contributed by atoms with Gasteiger partial charge in [0.1, 0.15) is 18.4 Å². The summed E-state index contributed by atoms with van der Waals surface area (Å²) >= 11 is 6.75. The number of hydrogen-bond acceptors (Lipinski definition) is 7. The Bertz CT molecular complexity index is 1680. The molecule has 4 atom stereocenters. The van der Waals surface area contributed by atoms with E-state index in [2.05, 4.69) is 34.1 Å². The summed E-state index contributed by atoms with van der Waals surface area (Å²) in [4.78, 5) is 30.1. The number of ether oxygens (including phenoxy) is 2. The van der Waals surface area contributed by atoms with Gasteiger partial charge in [-0.1, -0.05) is 35.9 Å². The highest BCUT2D eigenvalue weighted by atomic mass is 35.5. The molecule has 5 aliphatic rings. The molecule has 3 aromatic rings. The van der Waals surface area contributed by atoms with E-state index in [0.717, 1.165) is 90.9 Å². The van der Waals surface area contributed by atoms with Crippen LogP contribution in [0.5, 0.6) is 6.01 Å². The molecule has 2 unspecified atom stereocenters. The molecule has 10 heteroatoms. The molecule has 47 heavy (non-hydrogen) atoms. The van der Waals surface area contributed by atoms with E-state index in [4.69, 9.17) is 31.0 Å². The molecule has 1 aromatic heterocycles. The number of hydrogen-bond donors (Lipinski definition) is 0. The average Bonchev–Trinajstić information content (AvgIpc) is 3.65. The fourth-order valence-corrected chi connectivity index (χ4v) is 9.52. The highest BCUT2D eigenvalue weighted by molar-refractivity contribution is 6.36. The average molecular weight is 662 g/mol. The summed E-state index contributed by atoms with van der Waals surface area (Å²) < 4.78 is 26.9. The third kappa shape index (κ3) is 5.71. The van der Waals surface area contributed by atoms with Gasteiger partial charge in [0.15, 0.2) is 0 Å². The van der Waals surface area contributed by atoms with Crippen LogP contribution in [0.4, 0.5) is 14.9 Å². The van der Waals surface area contributed by atoms with E-state index < -0.39 is 11.8 Å². The van der Waals surface area contributed by atoms with Gasteiger partial charge in [0.05, 0.1) is 28.5 Å². The highest BCUT2D eigenvalue weighted by Crippen LogP contribution is 2.46. The van der Waals surface area contributed by atoms with Crippen molar-refractivity contribution in [2.75, 3.05) is 31.1 Å². The predicted molar refractivity (Wildman–Crippen MR) is 181 cm³/mol. The summed E-state index contributed by atoms with van der Waals surface area (Å²) in [5, 5.41) is 2.91. The lowest BCUT2D eigenvalue weighted by molar-refractivity contribution is 0.00561. The van der Waals surface area contributed by atoms with Gasteiger partial charge >= 0.3 is 12.1 Å². The van der Waals surface area contributed by atoms with Crippen molar-refractivity contribution in [2.45, 2.75) is 114 Å². The number of rotatable bonds is 5. The minimum Gasteiger partial charge on any atom is -0.461 e. The third-order valence-electron chi connectivity index (χ3n) is 11.2. The van der Waals surface area contributed by atoms with E-state index in [-0.39, 0.29) is 29.6 Å². The summed E-state index contributed by atoms with van der Waals surface area (Å²) in [6, 6.07) is 13.0. The molecule has 1 amide bonds. The lowest BCUT2D eigenvalue weighted by atomic mass is 9.84. The second-order valence-electron chi connectivity index (χ2n) is 15.4. The number of alkyl halides is 1. The number of piperidine rings is 1. The standard InChI is InChI=1S/C37H45ClFN5O3/c1-36(2,3)47-35(45)44-26-11-12-27(44)18-24(17-26)33-28-13-16-42(31-10-5-8-23-7-4-9-29(38)32(23)31)21-30(28)40-34(41-33)46-22-37-14-6-15-43(37)20-25(39)19-37/h4-5,7-10,24-27H,6,11-22H2,1-3H3/t24?,25-,26?,27?,37+/m1/s1. The van der Waals surface area contributed by atoms with Gasteiger partial charge in [0.25, 0.3) is 0 Å². The van der Waals surface area contributed by atoms with Gasteiger partial charge in [-0.3, -0.25) is 4.90 Å². The highest BCUT2D eigenvalue weighted by Gasteiger charge is 2.50. The van der Waals surface area contributed by atoms with Gasteiger partial charge in [-0.2, -0.15) is 9.97 Å². The van der Waals surface area contributed by atoms with Gasteiger partial charge < -0.3 is 19.3 Å². The van der Waals surface area contributed by atoms with Crippen LogP contribution in [0, 0.1) is 0 Å². The van der Waals surface area contributed by atoms with Crippen LogP contribution >= 0.6 is 11.6 Å². The molecule has 0 aliphatic carbocycles. The number of amides is 1. The Labute approximate surface area is 281 Å². The molecular formula is C37H45ClFN5O3. The van der Waals surface area contributed by atoms with Gasteiger partial charge in [0, 0.05) is 48.6 Å². The molecular weight excluding hydrogens is 617 g/mol. The van der Waals surface area contributed by atoms with Crippen molar-refractivity contribution in [3.05, 3.63) is 58.4 Å². The molecule has 0 radical (unpaired) electrons. The fourth-order valence-electron chi connectivity index (χ4n) is 9.24. The second-order valence-corrected chi connectivity index (χ2v) is 15.8. The predicted octanol–water partition coefficient (Wildman–Crippen LogP) is 7.45. The van der Waals surface area contributed by atoms with E-state index in [1.54, 1.807) is 0 Å². The minimum atomic E-state index is -0.814. The van der Waals surface area contributed by atoms with Crippen LogP contribution in [0.25, 0.3) is 10.8 Å². The van der Waals surface area contributed by atoms with Crippen molar-refractivity contribution in [1.29, 1.82) is 0 Å². The van der Waals surface area contributed by atoms with Crippen LogP contribution in [0.1, 0.15) is 88.6 Å². The van der Waals surface area contributed by atoms with E-state index in [9.17, 15) is 9.18 Å². The first-order valence-electron chi connectivity index (χ1n) is 17.4. The van der Waals surface area contributed by atoms with Crippen LogP contribution in [0.2, 0.25) is 5.02 Å². The lowest BCUT2D eigenvalue weighted by Gasteiger charge is -2.40. The van der Waals surface area contributed by atoms with Crippen LogP contribution < -0.4 is 9.64 Å². The zero-order valence-electron chi connectivity index (χ0n) is 27.7. The molecule has 0 saturated carbocycles. The van der Waals surface area contributed by atoms with Crippen molar-refractivity contribution < 1.29 is 18.7 Å². The van der Waals surface area contributed by atoms with Crippen molar-refractivity contribution in [3.63, 3.8) is 0 Å². The smallest absolute Gasteiger partial charge is 0.410 e. The third-order valence-corrected chi connectivity index (χ3v) is 11.5. The molecule has 2 bridgehead atoms. The first-order valence-corrected chi connectivity index (χ1v) is 17.8. The Morgan fingerprint density at radius 3 is 2.62 bits per heavy atom. The minimum absolute atomic E-state index is 0.132. The Balaban J connectivity index is 1.12. The normalized spacial score (nSPS) is 28.9. The Kier molecular flexibility index (Phi) is 7.79. The molecule has 4 saturated heterocycles. The topological polar surface area (TPSA) is 71.0 Å². The van der Waals surface area contributed by atoms with Crippen molar-refractivity contribution in [3.8, 4) is 6.01 Å². The monoisotopic (exact) mass is 661 g/mol. The number of carbonyl (C=O) groups excluding carboxylic acids is 1. The molecule has 8 rings (SSSR count). The Hall–Kier alpha value is -3.17. The van der Waals surface area contributed by atoms with E-state index in [1.807, 2.05) is 37.8 Å². The maximum atomic E-state index is 14.6. The molecule has 6 heterocycles. The van der Waals surface area contributed by atoms with Crippen LogP contribution in [0.15, 0.2) is 36.4 Å². The summed E-state index contributed by atoms with van der Waals surface area (Å²) in [6.45, 7) is 9.03. The number of nitrogens with zero attached hydrogens (tertiary/aromatic N) is 5. The van der Waals surface area contributed by atoms with Crippen molar-refractivity contribution in [2.24, 2.45) is 0 Å². The number of halogens is 2. The van der Waals surface area contributed by atoms with Crippen molar-refractivity contribution >= 4 is 34.2 Å². The molecule has 2 aromatic carbocycles. The summed E-state index contributed by atoms with van der Waals surface area (Å²) in [6.07, 6.45) is 5.97. The first-order chi connectivity index (χ1) is 22.6. The molecule has 4 fully saturated rings. The van der Waals surface area contributed by atoms with Crippen molar-refractivity contribution in [1.82, 2.24) is 19.8 Å². The lowest BCUT2D eigenvalue weighted by Crippen LogP contribution is -2.48. The number of benzene rings is 2. The number of fused-ring (bicyclic) bond motifs is 5. The van der Waals surface area contributed by atoms with Crippen LogP contribution in [0.3, 0.4) is 0 Å². The largest absolute Gasteiger partial charge is 0.461 e. The van der Waals surface area contributed by atoms with Gasteiger partial charge in [-0.15, -0.1) is 0 Å². The Morgan fingerprint density at radius 1 is 1.09 bits per heavy atom. The van der Waals surface area contributed by atoms with E-state index in [0.29, 0.717) is 32.1 Å². The fraction of sp³-hybridized carbons (Fsp3) is 0.595. The molecule has 250 valence electrons. The zero-order valence-corrected chi connectivity index (χ0v) is 28.4. The molecule has 0 spiro atoms. The van der Waals surface area contributed by atoms with Gasteiger partial charge in [-0.05, 0) is 95.3 Å². The van der Waals surface area contributed by atoms with Gasteiger partial charge in [0.2, 0.25) is 0 Å². The van der Waals surface area contributed by atoms with Gasteiger partial charge in [-0.25, -0.2) is 9.18 Å². The molecule has 5 aliphatic heterocycles. The maximum Gasteiger partial charge on any atom is 0.410 e. The quantitative estimate of drug-likeness (QED) is 0.281. The van der Waals surface area contributed by atoms with E-state index in [1.165, 1.54) is 5.56 Å². The SMILES string of the molecule is CC(C)(C)OC(=O)N1C2CCC1CC(c1nc(OC[C@@]34CCCN3C[C@H](F)C4)nc3c1CCN(c1cccc4cccc(Cl)c14)C3)C2. The maximum absolute atomic E-state index is 14.6.